The zero-order chi connectivity index (χ0) is 20.8. The number of nitrogens with zero attached hydrogens (tertiary/aromatic N) is 2. The molecule has 1 N–H and O–H groups in total. The van der Waals surface area contributed by atoms with Crippen molar-refractivity contribution in [1.29, 1.82) is 0 Å². The standard InChI is InChI=1S/C26H35N3O/c1-2-28(20-21-11-5-3-6-12-21)18-15-22-19-23(22)26(30)27-24-13-7-8-14-25(24)29-16-9-4-10-17-29/h3,5-8,11-14,22-23H,2,4,9-10,15-20H2,1H3,(H,27,30). The minimum Gasteiger partial charge on any atom is -0.370 e. The molecule has 0 aromatic heterocycles. The van der Waals surface area contributed by atoms with Gasteiger partial charge in [0.1, 0.15) is 0 Å². The Bertz CT molecular complexity index is 816. The fourth-order valence-corrected chi connectivity index (χ4v) is 4.64. The summed E-state index contributed by atoms with van der Waals surface area (Å²) in [6.45, 7) is 7.49. The summed E-state index contributed by atoms with van der Waals surface area (Å²) in [7, 11) is 0. The molecule has 4 heteroatoms. The van der Waals surface area contributed by atoms with Gasteiger partial charge in [-0.25, -0.2) is 0 Å². The molecule has 0 spiro atoms. The molecule has 1 aliphatic carbocycles. The van der Waals surface area contributed by atoms with Crippen molar-refractivity contribution in [2.24, 2.45) is 11.8 Å². The number of anilines is 2. The van der Waals surface area contributed by atoms with Crippen LogP contribution in [-0.4, -0.2) is 37.0 Å². The largest absolute Gasteiger partial charge is 0.370 e. The number of hydrogen-bond donors (Lipinski definition) is 1. The molecule has 1 amide bonds. The number of carbonyl (C=O) groups excluding carboxylic acids is 1. The van der Waals surface area contributed by atoms with Gasteiger partial charge in [0.2, 0.25) is 5.91 Å². The van der Waals surface area contributed by atoms with E-state index in [1.807, 2.05) is 6.07 Å². The summed E-state index contributed by atoms with van der Waals surface area (Å²) in [5, 5.41) is 3.25. The van der Waals surface area contributed by atoms with E-state index in [-0.39, 0.29) is 11.8 Å². The Hall–Kier alpha value is -2.33. The van der Waals surface area contributed by atoms with Gasteiger partial charge >= 0.3 is 0 Å². The molecule has 2 aromatic rings. The molecule has 2 aliphatic rings. The normalized spacial score (nSPS) is 20.9. The SMILES string of the molecule is CCN(CCC1CC1C(=O)Nc1ccccc1N1CCCCC1)Cc1ccccc1. The molecule has 160 valence electrons. The summed E-state index contributed by atoms with van der Waals surface area (Å²) in [6.07, 6.45) is 5.93. The monoisotopic (exact) mass is 405 g/mol. The van der Waals surface area contributed by atoms with E-state index in [9.17, 15) is 4.79 Å². The third-order valence-corrected chi connectivity index (χ3v) is 6.63. The maximum Gasteiger partial charge on any atom is 0.227 e. The maximum atomic E-state index is 12.9. The summed E-state index contributed by atoms with van der Waals surface area (Å²) >= 11 is 0. The van der Waals surface area contributed by atoms with E-state index in [1.165, 1.54) is 30.5 Å². The van der Waals surface area contributed by atoms with Gasteiger partial charge in [-0.1, -0.05) is 49.4 Å². The summed E-state index contributed by atoms with van der Waals surface area (Å²) in [5.41, 5.74) is 3.52. The summed E-state index contributed by atoms with van der Waals surface area (Å²) < 4.78 is 0. The van der Waals surface area contributed by atoms with Crippen LogP contribution in [0.15, 0.2) is 54.6 Å². The van der Waals surface area contributed by atoms with Crippen molar-refractivity contribution in [2.45, 2.75) is 45.6 Å². The third kappa shape index (κ3) is 5.42. The number of rotatable bonds is 9. The molecule has 1 saturated heterocycles. The topological polar surface area (TPSA) is 35.6 Å². The van der Waals surface area contributed by atoms with Crippen molar-refractivity contribution in [1.82, 2.24) is 4.90 Å². The number of piperidine rings is 1. The quantitative estimate of drug-likeness (QED) is 0.626. The van der Waals surface area contributed by atoms with Crippen LogP contribution < -0.4 is 10.2 Å². The Labute approximate surface area is 181 Å². The van der Waals surface area contributed by atoms with Crippen LogP contribution in [-0.2, 0) is 11.3 Å². The van der Waals surface area contributed by atoms with Crippen molar-refractivity contribution in [3.05, 3.63) is 60.2 Å². The molecule has 0 radical (unpaired) electrons. The lowest BCUT2D eigenvalue weighted by atomic mass is 10.1. The van der Waals surface area contributed by atoms with Gasteiger partial charge in [-0.2, -0.15) is 0 Å². The molecule has 2 unspecified atom stereocenters. The molecule has 4 nitrogen and oxygen atoms in total. The highest BCUT2D eigenvalue weighted by Gasteiger charge is 2.42. The summed E-state index contributed by atoms with van der Waals surface area (Å²) in [4.78, 5) is 17.8. The third-order valence-electron chi connectivity index (χ3n) is 6.63. The lowest BCUT2D eigenvalue weighted by molar-refractivity contribution is -0.117. The smallest absolute Gasteiger partial charge is 0.227 e. The molecular formula is C26H35N3O. The van der Waals surface area contributed by atoms with Crippen LogP contribution in [0.25, 0.3) is 0 Å². The van der Waals surface area contributed by atoms with Crippen molar-refractivity contribution < 1.29 is 4.79 Å². The molecular weight excluding hydrogens is 370 g/mol. The Morgan fingerprint density at radius 1 is 1.03 bits per heavy atom. The van der Waals surface area contributed by atoms with E-state index in [4.69, 9.17) is 0 Å². The second-order valence-corrected chi connectivity index (χ2v) is 8.80. The highest BCUT2D eigenvalue weighted by atomic mass is 16.2. The Morgan fingerprint density at radius 3 is 2.53 bits per heavy atom. The van der Waals surface area contributed by atoms with Gasteiger partial charge in [0.25, 0.3) is 0 Å². The first-order valence-corrected chi connectivity index (χ1v) is 11.7. The summed E-state index contributed by atoms with van der Waals surface area (Å²) in [6, 6.07) is 19.0. The van der Waals surface area contributed by atoms with Crippen molar-refractivity contribution in [3.63, 3.8) is 0 Å². The van der Waals surface area contributed by atoms with Crippen LogP contribution in [0.1, 0.15) is 44.6 Å². The number of amides is 1. The second kappa shape index (κ2) is 10.1. The van der Waals surface area contributed by atoms with E-state index < -0.39 is 0 Å². The zero-order valence-corrected chi connectivity index (χ0v) is 18.2. The molecule has 1 aliphatic heterocycles. The van der Waals surface area contributed by atoms with Gasteiger partial charge in [-0.15, -0.1) is 0 Å². The average molecular weight is 406 g/mol. The first-order chi connectivity index (χ1) is 14.7. The maximum absolute atomic E-state index is 12.9. The molecule has 30 heavy (non-hydrogen) atoms. The van der Waals surface area contributed by atoms with E-state index in [0.29, 0.717) is 5.92 Å². The molecule has 4 rings (SSSR count). The van der Waals surface area contributed by atoms with Gasteiger partial charge in [0, 0.05) is 25.6 Å². The minimum atomic E-state index is 0.176. The van der Waals surface area contributed by atoms with Crippen LogP contribution >= 0.6 is 0 Å². The van der Waals surface area contributed by atoms with E-state index in [0.717, 1.165) is 51.3 Å². The number of carbonyl (C=O) groups is 1. The van der Waals surface area contributed by atoms with Crippen molar-refractivity contribution in [2.75, 3.05) is 36.4 Å². The molecule has 2 aromatic carbocycles. The summed E-state index contributed by atoms with van der Waals surface area (Å²) in [5.74, 6) is 0.905. The van der Waals surface area contributed by atoms with Crippen LogP contribution in [0.5, 0.6) is 0 Å². The Morgan fingerprint density at radius 2 is 1.77 bits per heavy atom. The Balaban J connectivity index is 1.27. The predicted octanol–water partition coefficient (Wildman–Crippen LogP) is 5.16. The molecule has 2 atom stereocenters. The molecule has 1 heterocycles. The van der Waals surface area contributed by atoms with Gasteiger partial charge in [-0.05, 0) is 68.8 Å². The molecule has 0 bridgehead atoms. The minimum absolute atomic E-state index is 0.176. The Kier molecular flexibility index (Phi) is 7.06. The number of nitrogens with one attached hydrogen (secondary N) is 1. The van der Waals surface area contributed by atoms with E-state index >= 15 is 0 Å². The highest BCUT2D eigenvalue weighted by Crippen LogP contribution is 2.42. The van der Waals surface area contributed by atoms with Crippen LogP contribution in [0.4, 0.5) is 11.4 Å². The van der Waals surface area contributed by atoms with Gasteiger partial charge in [0.05, 0.1) is 11.4 Å². The zero-order valence-electron chi connectivity index (χ0n) is 18.2. The molecule has 2 fully saturated rings. The fourth-order valence-electron chi connectivity index (χ4n) is 4.64. The predicted molar refractivity (Wildman–Crippen MR) is 125 cm³/mol. The van der Waals surface area contributed by atoms with E-state index in [1.54, 1.807) is 0 Å². The number of para-hydroxylation sites is 2. The molecule has 1 saturated carbocycles. The first kappa shape index (κ1) is 20.9. The van der Waals surface area contributed by atoms with Crippen molar-refractivity contribution in [3.8, 4) is 0 Å². The lowest BCUT2D eigenvalue weighted by Gasteiger charge is -2.30. The second-order valence-electron chi connectivity index (χ2n) is 8.80. The first-order valence-electron chi connectivity index (χ1n) is 11.7. The number of benzene rings is 2. The number of hydrogen-bond acceptors (Lipinski definition) is 3. The van der Waals surface area contributed by atoms with Gasteiger partial charge in [-0.3, -0.25) is 9.69 Å². The van der Waals surface area contributed by atoms with Gasteiger partial charge < -0.3 is 10.2 Å². The highest BCUT2D eigenvalue weighted by molar-refractivity contribution is 5.97. The van der Waals surface area contributed by atoms with Crippen LogP contribution in [0.2, 0.25) is 0 Å². The lowest BCUT2D eigenvalue weighted by Crippen LogP contribution is -2.30. The van der Waals surface area contributed by atoms with Crippen LogP contribution in [0.3, 0.4) is 0 Å². The fraction of sp³-hybridized carbons (Fsp3) is 0.500. The van der Waals surface area contributed by atoms with Gasteiger partial charge in [0.15, 0.2) is 0 Å². The van der Waals surface area contributed by atoms with Crippen LogP contribution in [0, 0.1) is 11.8 Å². The van der Waals surface area contributed by atoms with E-state index in [2.05, 4.69) is 70.6 Å². The average Bonchev–Trinajstić information content (AvgIpc) is 3.58. The van der Waals surface area contributed by atoms with Crippen molar-refractivity contribution >= 4 is 17.3 Å².